The highest BCUT2D eigenvalue weighted by atomic mass is 35.5. The van der Waals surface area contributed by atoms with Crippen molar-refractivity contribution in [1.82, 2.24) is 0 Å². The molecule has 6 heteroatoms. The minimum atomic E-state index is -0.437. The van der Waals surface area contributed by atoms with Crippen LogP contribution in [-0.4, -0.2) is 11.7 Å². The minimum absolute atomic E-state index is 0.158. The number of halogens is 3. The van der Waals surface area contributed by atoms with Crippen molar-refractivity contribution in [3.05, 3.63) is 27.2 Å². The van der Waals surface area contributed by atoms with Gasteiger partial charge in [-0.05, 0) is 19.1 Å². The number of carbonyl (C=O) groups is 2. The number of anilines is 1. The van der Waals surface area contributed by atoms with Crippen LogP contribution in [0.1, 0.15) is 13.3 Å². The molecule has 0 radical (unpaired) electrons. The molecule has 16 heavy (non-hydrogen) atoms. The summed E-state index contributed by atoms with van der Waals surface area (Å²) in [5.74, 6) is -0.665. The molecule has 3 nitrogen and oxygen atoms in total. The second-order valence-electron chi connectivity index (χ2n) is 3.15. The zero-order valence-electron chi connectivity index (χ0n) is 8.31. The Morgan fingerprint density at radius 3 is 2.38 bits per heavy atom. The van der Waals surface area contributed by atoms with E-state index in [4.69, 9.17) is 34.8 Å². The molecule has 1 aromatic carbocycles. The zero-order valence-corrected chi connectivity index (χ0v) is 10.6. The van der Waals surface area contributed by atoms with E-state index in [1.165, 1.54) is 19.1 Å². The van der Waals surface area contributed by atoms with Gasteiger partial charge in [-0.15, -0.1) is 0 Å². The molecule has 0 unspecified atom stereocenters. The van der Waals surface area contributed by atoms with E-state index in [-0.39, 0.29) is 22.2 Å². The molecule has 0 aliphatic carbocycles. The first kappa shape index (κ1) is 13.3. The van der Waals surface area contributed by atoms with Crippen molar-refractivity contribution in [3.8, 4) is 0 Å². The van der Waals surface area contributed by atoms with E-state index >= 15 is 0 Å². The van der Waals surface area contributed by atoms with Crippen LogP contribution in [0.2, 0.25) is 15.1 Å². The quantitative estimate of drug-likeness (QED) is 0.679. The van der Waals surface area contributed by atoms with Crippen molar-refractivity contribution in [2.75, 3.05) is 5.32 Å². The largest absolute Gasteiger partial charge is 0.324 e. The third kappa shape index (κ3) is 3.37. The molecule has 1 aromatic rings. The van der Waals surface area contributed by atoms with Gasteiger partial charge in [-0.2, -0.15) is 0 Å². The number of Topliss-reactive ketones (excluding diaryl/α,β-unsaturated/α-hetero) is 1. The lowest BCUT2D eigenvalue weighted by molar-refractivity contribution is -0.124. The van der Waals surface area contributed by atoms with Gasteiger partial charge in [0.1, 0.15) is 5.78 Å². The van der Waals surface area contributed by atoms with Crippen LogP contribution >= 0.6 is 34.8 Å². The SMILES string of the molecule is CC(=O)CC(=O)Nc1ccc(Cl)c(Cl)c1Cl. The second-order valence-corrected chi connectivity index (χ2v) is 4.31. The van der Waals surface area contributed by atoms with Gasteiger partial charge in [0.25, 0.3) is 0 Å². The normalized spacial score (nSPS) is 10.0. The minimum Gasteiger partial charge on any atom is -0.324 e. The summed E-state index contributed by atoms with van der Waals surface area (Å²) in [7, 11) is 0. The smallest absolute Gasteiger partial charge is 0.231 e. The monoisotopic (exact) mass is 279 g/mol. The molecule has 0 heterocycles. The van der Waals surface area contributed by atoms with Crippen LogP contribution in [0.4, 0.5) is 5.69 Å². The molecular weight excluding hydrogens is 272 g/mol. The fraction of sp³-hybridized carbons (Fsp3) is 0.200. The first-order valence-corrected chi connectivity index (χ1v) is 5.48. The Bertz CT molecular complexity index is 446. The third-order valence-electron chi connectivity index (χ3n) is 1.72. The fourth-order valence-corrected chi connectivity index (χ4v) is 1.63. The maximum atomic E-state index is 11.3. The number of ketones is 1. The van der Waals surface area contributed by atoms with Crippen LogP contribution in [-0.2, 0) is 9.59 Å². The van der Waals surface area contributed by atoms with Gasteiger partial charge in [-0.1, -0.05) is 34.8 Å². The van der Waals surface area contributed by atoms with Crippen molar-refractivity contribution in [3.63, 3.8) is 0 Å². The highest BCUT2D eigenvalue weighted by Gasteiger charge is 2.12. The first-order chi connectivity index (χ1) is 7.41. The summed E-state index contributed by atoms with van der Waals surface area (Å²) in [6.07, 6.45) is -0.198. The van der Waals surface area contributed by atoms with E-state index in [2.05, 4.69) is 5.32 Å². The van der Waals surface area contributed by atoms with Gasteiger partial charge in [-0.3, -0.25) is 9.59 Å². The van der Waals surface area contributed by atoms with Crippen molar-refractivity contribution >= 4 is 52.2 Å². The summed E-state index contributed by atoms with van der Waals surface area (Å²) in [5.41, 5.74) is 0.335. The lowest BCUT2D eigenvalue weighted by Gasteiger charge is -2.08. The summed E-state index contributed by atoms with van der Waals surface area (Å²) in [6, 6.07) is 3.04. The summed E-state index contributed by atoms with van der Waals surface area (Å²) >= 11 is 17.4. The molecule has 86 valence electrons. The van der Waals surface area contributed by atoms with Gasteiger partial charge in [0, 0.05) is 0 Å². The summed E-state index contributed by atoms with van der Waals surface area (Å²) < 4.78 is 0. The summed E-state index contributed by atoms with van der Waals surface area (Å²) in [5, 5.41) is 3.11. The molecule has 0 saturated carbocycles. The average molecular weight is 281 g/mol. The maximum absolute atomic E-state index is 11.3. The molecule has 0 aromatic heterocycles. The third-order valence-corrected chi connectivity index (χ3v) is 3.01. The number of hydrogen-bond acceptors (Lipinski definition) is 2. The molecule has 0 aliphatic rings. The molecule has 0 bridgehead atoms. The Hall–Kier alpha value is -0.770. The van der Waals surface area contributed by atoms with Crippen LogP contribution < -0.4 is 5.32 Å². The predicted molar refractivity (Wildman–Crippen MR) is 65.4 cm³/mol. The summed E-state index contributed by atoms with van der Waals surface area (Å²) in [6.45, 7) is 1.33. The standard InChI is InChI=1S/C10H8Cl3NO2/c1-5(15)4-8(16)14-7-3-2-6(11)9(12)10(7)13/h2-3H,4H2,1H3,(H,14,16). The number of benzene rings is 1. The van der Waals surface area contributed by atoms with Crippen molar-refractivity contribution < 1.29 is 9.59 Å². The highest BCUT2D eigenvalue weighted by Crippen LogP contribution is 2.35. The van der Waals surface area contributed by atoms with E-state index in [0.717, 1.165) is 0 Å². The molecule has 0 saturated heterocycles. The molecule has 0 atom stereocenters. The van der Waals surface area contributed by atoms with Crippen LogP contribution in [0.15, 0.2) is 12.1 Å². The van der Waals surface area contributed by atoms with Crippen LogP contribution in [0, 0.1) is 0 Å². The van der Waals surface area contributed by atoms with Gasteiger partial charge in [0.15, 0.2) is 0 Å². The molecule has 0 aliphatic heterocycles. The molecular formula is C10H8Cl3NO2. The number of carbonyl (C=O) groups excluding carboxylic acids is 2. The van der Waals surface area contributed by atoms with E-state index < -0.39 is 5.91 Å². The number of amides is 1. The highest BCUT2D eigenvalue weighted by molar-refractivity contribution is 6.49. The Kier molecular flexibility index (Phi) is 4.59. The Labute approximate surface area is 108 Å². The molecule has 1 N–H and O–H groups in total. The van der Waals surface area contributed by atoms with Gasteiger partial charge < -0.3 is 5.32 Å². The lowest BCUT2D eigenvalue weighted by Crippen LogP contribution is -2.15. The van der Waals surface area contributed by atoms with E-state index in [1.807, 2.05) is 0 Å². The Balaban J connectivity index is 2.86. The molecule has 1 rings (SSSR count). The van der Waals surface area contributed by atoms with Crippen LogP contribution in [0.3, 0.4) is 0 Å². The Morgan fingerprint density at radius 1 is 1.19 bits per heavy atom. The first-order valence-electron chi connectivity index (χ1n) is 4.34. The lowest BCUT2D eigenvalue weighted by atomic mass is 10.2. The maximum Gasteiger partial charge on any atom is 0.231 e. The zero-order chi connectivity index (χ0) is 12.3. The van der Waals surface area contributed by atoms with E-state index in [0.29, 0.717) is 10.7 Å². The molecule has 0 fully saturated rings. The fourth-order valence-electron chi connectivity index (χ4n) is 1.04. The van der Waals surface area contributed by atoms with E-state index in [9.17, 15) is 9.59 Å². The molecule has 0 spiro atoms. The van der Waals surface area contributed by atoms with Gasteiger partial charge >= 0.3 is 0 Å². The number of nitrogens with one attached hydrogen (secondary N) is 1. The number of rotatable bonds is 3. The molecule has 1 amide bonds. The topological polar surface area (TPSA) is 46.2 Å². The van der Waals surface area contributed by atoms with Gasteiger partial charge in [0.2, 0.25) is 5.91 Å². The number of hydrogen-bond donors (Lipinski definition) is 1. The van der Waals surface area contributed by atoms with Crippen molar-refractivity contribution in [1.29, 1.82) is 0 Å². The predicted octanol–water partition coefficient (Wildman–Crippen LogP) is 3.56. The Morgan fingerprint density at radius 2 is 1.81 bits per heavy atom. The van der Waals surface area contributed by atoms with Gasteiger partial charge in [-0.25, -0.2) is 0 Å². The average Bonchev–Trinajstić information content (AvgIpc) is 2.18. The summed E-state index contributed by atoms with van der Waals surface area (Å²) in [4.78, 5) is 22.0. The second kappa shape index (κ2) is 5.53. The van der Waals surface area contributed by atoms with Crippen molar-refractivity contribution in [2.45, 2.75) is 13.3 Å². The van der Waals surface area contributed by atoms with E-state index in [1.54, 1.807) is 0 Å². The van der Waals surface area contributed by atoms with Crippen molar-refractivity contribution in [2.24, 2.45) is 0 Å². The van der Waals surface area contributed by atoms with Gasteiger partial charge in [0.05, 0.1) is 27.2 Å². The van der Waals surface area contributed by atoms with Crippen LogP contribution in [0.5, 0.6) is 0 Å². The van der Waals surface area contributed by atoms with Crippen LogP contribution in [0.25, 0.3) is 0 Å².